The number of likely N-dealkylation sites (N-methyl/N-ethyl adjacent to an activating group) is 1. The third-order valence-electron chi connectivity index (χ3n) is 6.52. The van der Waals surface area contributed by atoms with E-state index in [9.17, 15) is 14.7 Å². The van der Waals surface area contributed by atoms with Gasteiger partial charge in [-0.05, 0) is 12.8 Å². The van der Waals surface area contributed by atoms with Crippen LogP contribution in [0.2, 0.25) is 0 Å². The minimum Gasteiger partial charge on any atom is -0.396 e. The summed E-state index contributed by atoms with van der Waals surface area (Å²) in [4.78, 5) is 26.1. The molecule has 1 fully saturated rings. The van der Waals surface area contributed by atoms with E-state index in [2.05, 4.69) is 19.3 Å². The SMILES string of the molecule is CCCCCCCCCCCCCC(=O)NCC[N+](C)(CCCO)CN1CCCC1=O. The van der Waals surface area contributed by atoms with Crippen molar-refractivity contribution in [3.05, 3.63) is 0 Å². The Morgan fingerprint density at radius 1 is 0.968 bits per heavy atom. The molecule has 0 aromatic carbocycles. The van der Waals surface area contributed by atoms with Crippen LogP contribution >= 0.6 is 0 Å². The Morgan fingerprint density at radius 3 is 2.13 bits per heavy atom. The van der Waals surface area contributed by atoms with Crippen molar-refractivity contribution < 1.29 is 19.2 Å². The van der Waals surface area contributed by atoms with Crippen molar-refractivity contribution in [3.8, 4) is 0 Å². The minimum atomic E-state index is 0.141. The van der Waals surface area contributed by atoms with E-state index in [0.29, 0.717) is 37.0 Å². The fraction of sp³-hybridized carbons (Fsp3) is 0.920. The first kappa shape index (κ1) is 27.9. The lowest BCUT2D eigenvalue weighted by molar-refractivity contribution is -0.916. The number of nitrogens with one attached hydrogen (secondary N) is 1. The van der Waals surface area contributed by atoms with Gasteiger partial charge in [-0.2, -0.15) is 0 Å². The van der Waals surface area contributed by atoms with Crippen LogP contribution in [0.25, 0.3) is 0 Å². The van der Waals surface area contributed by atoms with Crippen molar-refractivity contribution in [2.75, 3.05) is 46.5 Å². The third-order valence-corrected chi connectivity index (χ3v) is 6.52. The summed E-state index contributed by atoms with van der Waals surface area (Å²) in [6.07, 6.45) is 17.1. The summed E-state index contributed by atoms with van der Waals surface area (Å²) in [5.74, 6) is 0.371. The second kappa shape index (κ2) is 17.4. The summed E-state index contributed by atoms with van der Waals surface area (Å²) < 4.78 is 0.686. The molecule has 182 valence electrons. The van der Waals surface area contributed by atoms with Crippen LogP contribution in [0.5, 0.6) is 0 Å². The summed E-state index contributed by atoms with van der Waals surface area (Å²) in [6.45, 7) is 6.15. The summed E-state index contributed by atoms with van der Waals surface area (Å²) in [5, 5.41) is 12.3. The Kier molecular flexibility index (Phi) is 15.7. The van der Waals surface area contributed by atoms with Gasteiger partial charge >= 0.3 is 0 Å². The molecule has 1 aliphatic heterocycles. The molecule has 6 nitrogen and oxygen atoms in total. The number of quaternary nitrogens is 1. The number of likely N-dealkylation sites (tertiary alicyclic amines) is 1. The fourth-order valence-corrected chi connectivity index (χ4v) is 4.47. The van der Waals surface area contributed by atoms with E-state index >= 15 is 0 Å². The van der Waals surface area contributed by atoms with E-state index in [1.54, 1.807) is 0 Å². The third kappa shape index (κ3) is 13.8. The molecule has 0 bridgehead atoms. The van der Waals surface area contributed by atoms with E-state index in [1.165, 1.54) is 57.8 Å². The number of carbonyl (C=O) groups is 2. The van der Waals surface area contributed by atoms with Gasteiger partial charge in [0.15, 0.2) is 6.67 Å². The van der Waals surface area contributed by atoms with Crippen LogP contribution in [0.4, 0.5) is 0 Å². The van der Waals surface area contributed by atoms with Gasteiger partial charge in [0.05, 0.1) is 26.7 Å². The van der Waals surface area contributed by atoms with Gasteiger partial charge < -0.3 is 14.9 Å². The van der Waals surface area contributed by atoms with Crippen LogP contribution in [0.15, 0.2) is 0 Å². The second-order valence-electron chi connectivity index (χ2n) is 9.68. The highest BCUT2D eigenvalue weighted by atomic mass is 16.3. The number of hydrogen-bond donors (Lipinski definition) is 2. The topological polar surface area (TPSA) is 69.6 Å². The number of rotatable bonds is 20. The molecule has 1 unspecified atom stereocenters. The molecule has 31 heavy (non-hydrogen) atoms. The maximum atomic E-state index is 12.2. The van der Waals surface area contributed by atoms with Gasteiger partial charge in [-0.3, -0.25) is 14.5 Å². The molecule has 0 aliphatic carbocycles. The quantitative estimate of drug-likeness (QED) is 0.220. The van der Waals surface area contributed by atoms with Gasteiger partial charge in [0.2, 0.25) is 11.8 Å². The predicted octanol–water partition coefficient (Wildman–Crippen LogP) is 4.21. The molecule has 1 heterocycles. The smallest absolute Gasteiger partial charge is 0.226 e. The molecule has 0 aromatic heterocycles. The second-order valence-corrected chi connectivity index (χ2v) is 9.68. The van der Waals surface area contributed by atoms with Gasteiger partial charge in [-0.1, -0.05) is 71.1 Å². The number of amides is 2. The highest BCUT2D eigenvalue weighted by molar-refractivity contribution is 5.77. The van der Waals surface area contributed by atoms with Crippen molar-refractivity contribution in [2.24, 2.45) is 0 Å². The zero-order chi connectivity index (χ0) is 22.8. The van der Waals surface area contributed by atoms with Gasteiger partial charge in [0.1, 0.15) is 0 Å². The summed E-state index contributed by atoms with van der Waals surface area (Å²) in [6, 6.07) is 0. The van der Waals surface area contributed by atoms with Crippen molar-refractivity contribution in [2.45, 2.75) is 103 Å². The van der Waals surface area contributed by atoms with Gasteiger partial charge in [-0.15, -0.1) is 0 Å². The molecule has 2 N–H and O–H groups in total. The largest absolute Gasteiger partial charge is 0.396 e. The first-order valence-corrected chi connectivity index (χ1v) is 13.0. The van der Waals surface area contributed by atoms with Gasteiger partial charge in [-0.25, -0.2) is 0 Å². The Labute approximate surface area is 191 Å². The lowest BCUT2D eigenvalue weighted by atomic mass is 10.1. The molecule has 0 radical (unpaired) electrons. The highest BCUT2D eigenvalue weighted by Gasteiger charge is 2.30. The molecule has 0 spiro atoms. The summed E-state index contributed by atoms with van der Waals surface area (Å²) >= 11 is 0. The van der Waals surface area contributed by atoms with E-state index in [4.69, 9.17) is 0 Å². The van der Waals surface area contributed by atoms with Gasteiger partial charge in [0.25, 0.3) is 0 Å². The van der Waals surface area contributed by atoms with E-state index in [0.717, 1.165) is 38.9 Å². The van der Waals surface area contributed by atoms with E-state index < -0.39 is 0 Å². The highest BCUT2D eigenvalue weighted by Crippen LogP contribution is 2.15. The normalized spacial score (nSPS) is 16.0. The molecule has 1 saturated heterocycles. The van der Waals surface area contributed by atoms with Crippen LogP contribution < -0.4 is 5.32 Å². The first-order chi connectivity index (χ1) is 15.0. The average molecular weight is 441 g/mol. The van der Waals surface area contributed by atoms with Crippen molar-refractivity contribution in [1.29, 1.82) is 0 Å². The number of unbranched alkanes of at least 4 members (excludes halogenated alkanes) is 10. The molecule has 2 amide bonds. The molecule has 0 saturated carbocycles. The number of aliphatic hydroxyl groups is 1. The van der Waals surface area contributed by atoms with Crippen molar-refractivity contribution >= 4 is 11.8 Å². The maximum absolute atomic E-state index is 12.2. The molecule has 0 aromatic rings. The molecule has 1 rings (SSSR count). The zero-order valence-electron chi connectivity index (χ0n) is 20.5. The summed E-state index contributed by atoms with van der Waals surface area (Å²) in [7, 11) is 2.12. The maximum Gasteiger partial charge on any atom is 0.226 e. The number of carbonyl (C=O) groups excluding carboxylic acids is 2. The molecule has 1 atom stereocenters. The Bertz CT molecular complexity index is 487. The average Bonchev–Trinajstić information content (AvgIpc) is 3.14. The van der Waals surface area contributed by atoms with Crippen LogP contribution in [-0.4, -0.2) is 72.8 Å². The number of nitrogens with zero attached hydrogens (tertiary/aromatic N) is 2. The van der Waals surface area contributed by atoms with Crippen LogP contribution in [0.1, 0.15) is 103 Å². The van der Waals surface area contributed by atoms with Crippen molar-refractivity contribution in [3.63, 3.8) is 0 Å². The molecule has 1 aliphatic rings. The first-order valence-electron chi connectivity index (χ1n) is 13.0. The molecule has 6 heteroatoms. The lowest BCUT2D eigenvalue weighted by Crippen LogP contribution is -2.55. The molecular formula is C25H50N3O3+. The number of aliphatic hydroxyl groups excluding tert-OH is 1. The van der Waals surface area contributed by atoms with Gasteiger partial charge in [0, 0.05) is 32.4 Å². The van der Waals surface area contributed by atoms with Crippen molar-refractivity contribution in [1.82, 2.24) is 10.2 Å². The predicted molar refractivity (Wildman–Crippen MR) is 128 cm³/mol. The monoisotopic (exact) mass is 440 g/mol. The zero-order valence-corrected chi connectivity index (χ0v) is 20.5. The van der Waals surface area contributed by atoms with Crippen LogP contribution in [0, 0.1) is 0 Å². The Balaban J connectivity index is 2.09. The van der Waals surface area contributed by atoms with E-state index in [-0.39, 0.29) is 18.4 Å². The Hall–Kier alpha value is -1.14. The van der Waals surface area contributed by atoms with Crippen LogP contribution in [-0.2, 0) is 9.59 Å². The minimum absolute atomic E-state index is 0.141. The lowest BCUT2D eigenvalue weighted by Gasteiger charge is -2.37. The van der Waals surface area contributed by atoms with Crippen LogP contribution in [0.3, 0.4) is 0 Å². The fourth-order valence-electron chi connectivity index (χ4n) is 4.47. The van der Waals surface area contributed by atoms with E-state index in [1.807, 2.05) is 4.90 Å². The Morgan fingerprint density at radius 2 is 1.58 bits per heavy atom. The summed E-state index contributed by atoms with van der Waals surface area (Å²) in [5.41, 5.74) is 0. The standard InChI is InChI=1S/C25H49N3O3/c1-3-4-5-6-7-8-9-10-11-12-13-16-24(30)26-18-21-28(2,20-15-22-29)23-27-19-14-17-25(27)31/h29H,3-23H2,1-2H3/p+1. The molecular weight excluding hydrogens is 390 g/mol. The number of hydrogen-bond acceptors (Lipinski definition) is 3.